The fourth-order valence-electron chi connectivity index (χ4n) is 4.64. The molecule has 0 spiro atoms. The SMILES string of the molecule is CC.CN1C=C(C(Nc2cc(-c3ccc4ccn(C)c4c3)c3nccnc3c2)c2cccnc2)CN1. The third-order valence-corrected chi connectivity index (χ3v) is 6.36. The van der Waals surface area contributed by atoms with E-state index in [1.54, 1.807) is 18.6 Å². The lowest BCUT2D eigenvalue weighted by molar-refractivity contribution is 0.373. The second kappa shape index (κ2) is 10.2. The van der Waals surface area contributed by atoms with E-state index in [1.165, 1.54) is 16.5 Å². The molecule has 7 nitrogen and oxygen atoms in total. The van der Waals surface area contributed by atoms with Gasteiger partial charge < -0.3 is 14.9 Å². The van der Waals surface area contributed by atoms with Crippen molar-refractivity contribution in [3.8, 4) is 11.1 Å². The van der Waals surface area contributed by atoms with Crippen molar-refractivity contribution in [1.29, 1.82) is 0 Å². The molecule has 0 fully saturated rings. The number of nitrogens with one attached hydrogen (secondary N) is 2. The van der Waals surface area contributed by atoms with E-state index in [9.17, 15) is 0 Å². The highest BCUT2D eigenvalue weighted by Gasteiger charge is 2.22. The van der Waals surface area contributed by atoms with Crippen molar-refractivity contribution >= 4 is 27.6 Å². The molecule has 0 amide bonds. The minimum atomic E-state index is -0.0246. The highest BCUT2D eigenvalue weighted by molar-refractivity contribution is 5.97. The van der Waals surface area contributed by atoms with Gasteiger partial charge in [-0.2, -0.15) is 0 Å². The summed E-state index contributed by atoms with van der Waals surface area (Å²) in [4.78, 5) is 13.7. The molecular formula is C29H31N7. The molecule has 0 bridgehead atoms. The number of fused-ring (bicyclic) bond motifs is 2. The molecule has 0 aliphatic carbocycles. The van der Waals surface area contributed by atoms with E-state index in [4.69, 9.17) is 0 Å². The first-order valence-electron chi connectivity index (χ1n) is 12.3. The van der Waals surface area contributed by atoms with Crippen LogP contribution in [0.4, 0.5) is 5.69 Å². The Morgan fingerprint density at radius 1 is 0.972 bits per heavy atom. The van der Waals surface area contributed by atoms with Crippen molar-refractivity contribution in [2.45, 2.75) is 19.9 Å². The summed E-state index contributed by atoms with van der Waals surface area (Å²) >= 11 is 0. The van der Waals surface area contributed by atoms with Gasteiger partial charge >= 0.3 is 0 Å². The van der Waals surface area contributed by atoms with Crippen LogP contribution in [0, 0.1) is 0 Å². The first-order chi connectivity index (χ1) is 17.7. The Bertz CT molecular complexity index is 1520. The lowest BCUT2D eigenvalue weighted by atomic mass is 9.98. The molecule has 1 aliphatic heterocycles. The minimum Gasteiger partial charge on any atom is -0.374 e. The second-order valence-corrected chi connectivity index (χ2v) is 8.66. The van der Waals surface area contributed by atoms with Crippen LogP contribution in [0.15, 0.2) is 91.3 Å². The molecule has 1 aliphatic rings. The maximum Gasteiger partial charge on any atom is 0.0966 e. The van der Waals surface area contributed by atoms with Crippen LogP contribution >= 0.6 is 0 Å². The van der Waals surface area contributed by atoms with Crippen molar-refractivity contribution in [2.75, 3.05) is 18.9 Å². The summed E-state index contributed by atoms with van der Waals surface area (Å²) in [5.74, 6) is 0. The zero-order chi connectivity index (χ0) is 25.1. The van der Waals surface area contributed by atoms with Gasteiger partial charge in [-0.25, -0.2) is 5.43 Å². The predicted molar refractivity (Wildman–Crippen MR) is 147 cm³/mol. The summed E-state index contributed by atoms with van der Waals surface area (Å²) in [7, 11) is 4.08. The quantitative estimate of drug-likeness (QED) is 0.339. The smallest absolute Gasteiger partial charge is 0.0966 e. The van der Waals surface area contributed by atoms with E-state index in [0.717, 1.165) is 40.0 Å². The number of hydrogen-bond donors (Lipinski definition) is 2. The number of nitrogens with zero attached hydrogens (tertiary/aromatic N) is 5. The van der Waals surface area contributed by atoms with Crippen LogP contribution < -0.4 is 10.7 Å². The third-order valence-electron chi connectivity index (χ3n) is 6.36. The van der Waals surface area contributed by atoms with Crippen molar-refractivity contribution in [1.82, 2.24) is 30.0 Å². The second-order valence-electron chi connectivity index (χ2n) is 8.66. The normalized spacial score (nSPS) is 13.9. The molecule has 1 unspecified atom stereocenters. The number of aryl methyl sites for hydroxylation is 1. The molecular weight excluding hydrogens is 446 g/mol. The maximum atomic E-state index is 4.68. The number of hydrogen-bond acceptors (Lipinski definition) is 6. The van der Waals surface area contributed by atoms with Crippen LogP contribution in [0.2, 0.25) is 0 Å². The largest absolute Gasteiger partial charge is 0.374 e. The van der Waals surface area contributed by atoms with E-state index in [1.807, 2.05) is 38.2 Å². The fourth-order valence-corrected chi connectivity index (χ4v) is 4.64. The molecule has 0 saturated heterocycles. The zero-order valence-corrected chi connectivity index (χ0v) is 21.1. The fraction of sp³-hybridized carbons (Fsp3) is 0.207. The van der Waals surface area contributed by atoms with Gasteiger partial charge in [0.05, 0.1) is 17.1 Å². The molecule has 1 atom stereocenters. The van der Waals surface area contributed by atoms with Gasteiger partial charge in [-0.3, -0.25) is 15.0 Å². The Balaban J connectivity index is 0.00000130. The first kappa shape index (κ1) is 23.5. The third kappa shape index (κ3) is 4.53. The standard InChI is InChI=1S/C27H25N7.C2H6/c1-33-11-7-18-5-6-19(12-25(18)33)23-13-22(14-24-27(23)30-10-9-29-24)32-26(20-4-3-8-28-15-20)21-16-31-34(2)17-21;1-2/h3-15,17,26,31-32H,16H2,1-2H3;1-2H3. The number of anilines is 1. The number of benzene rings is 2. The van der Waals surface area contributed by atoms with Gasteiger partial charge in [0.15, 0.2) is 0 Å². The predicted octanol–water partition coefficient (Wildman–Crippen LogP) is 5.70. The molecule has 6 rings (SSSR count). The summed E-state index contributed by atoms with van der Waals surface area (Å²) in [6, 6.07) is 17.0. The average molecular weight is 478 g/mol. The number of hydrazine groups is 1. The van der Waals surface area contributed by atoms with Crippen molar-refractivity contribution < 1.29 is 0 Å². The molecule has 0 saturated carbocycles. The summed E-state index contributed by atoms with van der Waals surface area (Å²) in [5, 5.41) is 6.97. The Kier molecular flexibility index (Phi) is 6.64. The summed E-state index contributed by atoms with van der Waals surface area (Å²) in [6.07, 6.45) is 11.4. The van der Waals surface area contributed by atoms with Crippen LogP contribution in [0.5, 0.6) is 0 Å². The van der Waals surface area contributed by atoms with E-state index in [-0.39, 0.29) is 6.04 Å². The maximum absolute atomic E-state index is 4.68. The average Bonchev–Trinajstić information content (AvgIpc) is 3.53. The van der Waals surface area contributed by atoms with Gasteiger partial charge in [0.2, 0.25) is 0 Å². The highest BCUT2D eigenvalue weighted by Crippen LogP contribution is 2.35. The Hall–Kier alpha value is -4.23. The molecule has 5 aromatic rings. The van der Waals surface area contributed by atoms with Gasteiger partial charge in [0, 0.05) is 74.6 Å². The van der Waals surface area contributed by atoms with Gasteiger partial charge in [-0.15, -0.1) is 0 Å². The molecule has 2 N–H and O–H groups in total. The Morgan fingerprint density at radius 3 is 2.61 bits per heavy atom. The van der Waals surface area contributed by atoms with Gasteiger partial charge in [0.1, 0.15) is 0 Å². The Morgan fingerprint density at radius 2 is 1.83 bits per heavy atom. The molecule has 182 valence electrons. The van der Waals surface area contributed by atoms with Crippen molar-refractivity contribution in [3.63, 3.8) is 0 Å². The monoisotopic (exact) mass is 477 g/mol. The minimum absolute atomic E-state index is 0.0246. The van der Waals surface area contributed by atoms with Crippen LogP contribution in [0.3, 0.4) is 0 Å². The first-order valence-corrected chi connectivity index (χ1v) is 12.3. The molecule has 2 aromatic carbocycles. The topological polar surface area (TPSA) is 70.9 Å². The van der Waals surface area contributed by atoms with E-state index < -0.39 is 0 Å². The van der Waals surface area contributed by atoms with E-state index in [2.05, 4.69) is 92.2 Å². The molecule has 4 heterocycles. The van der Waals surface area contributed by atoms with Crippen molar-refractivity contribution in [3.05, 3.63) is 96.9 Å². The lowest BCUT2D eigenvalue weighted by Crippen LogP contribution is -2.25. The lowest BCUT2D eigenvalue weighted by Gasteiger charge is -2.22. The van der Waals surface area contributed by atoms with Crippen LogP contribution in [0.1, 0.15) is 25.5 Å². The van der Waals surface area contributed by atoms with E-state index >= 15 is 0 Å². The molecule has 36 heavy (non-hydrogen) atoms. The zero-order valence-electron chi connectivity index (χ0n) is 21.1. The van der Waals surface area contributed by atoms with Gasteiger partial charge in [-0.1, -0.05) is 32.0 Å². The van der Waals surface area contributed by atoms with Crippen molar-refractivity contribution in [2.24, 2.45) is 7.05 Å². The van der Waals surface area contributed by atoms with E-state index in [0.29, 0.717) is 0 Å². The molecule has 3 aromatic heterocycles. The van der Waals surface area contributed by atoms with Crippen LogP contribution in [-0.4, -0.2) is 38.1 Å². The summed E-state index contributed by atoms with van der Waals surface area (Å²) in [6.45, 7) is 4.77. The summed E-state index contributed by atoms with van der Waals surface area (Å²) in [5.41, 5.74) is 11.8. The molecule has 7 heteroatoms. The highest BCUT2D eigenvalue weighted by atomic mass is 15.5. The number of aromatic nitrogens is 4. The number of rotatable bonds is 5. The summed E-state index contributed by atoms with van der Waals surface area (Å²) < 4.78 is 2.14. The van der Waals surface area contributed by atoms with Crippen LogP contribution in [0.25, 0.3) is 33.1 Å². The number of pyridine rings is 1. The molecule has 0 radical (unpaired) electrons. The Labute approximate surface area is 211 Å². The van der Waals surface area contributed by atoms with Gasteiger partial charge in [0.25, 0.3) is 0 Å². The van der Waals surface area contributed by atoms with Crippen LogP contribution in [-0.2, 0) is 7.05 Å². The van der Waals surface area contributed by atoms with Gasteiger partial charge in [-0.05, 0) is 52.4 Å².